The Bertz CT molecular complexity index is 865. The number of carbonyl (C=O) groups excluding carboxylic acids is 1. The highest BCUT2D eigenvalue weighted by atomic mass is 35.5. The minimum absolute atomic E-state index is 0.0910. The lowest BCUT2D eigenvalue weighted by Gasteiger charge is -2.41. The highest BCUT2D eigenvalue weighted by Gasteiger charge is 2.36. The molecule has 1 amide bonds. The van der Waals surface area contributed by atoms with E-state index in [-0.39, 0.29) is 11.8 Å². The van der Waals surface area contributed by atoms with Crippen molar-refractivity contribution in [3.05, 3.63) is 41.1 Å². The predicted molar refractivity (Wildman–Crippen MR) is 103 cm³/mol. The molecule has 0 bridgehead atoms. The first-order valence-electron chi connectivity index (χ1n) is 9.03. The van der Waals surface area contributed by atoms with Crippen LogP contribution in [0.15, 0.2) is 30.5 Å². The molecule has 1 aromatic carbocycles. The fourth-order valence-corrected chi connectivity index (χ4v) is 4.58. The van der Waals surface area contributed by atoms with E-state index < -0.39 is 0 Å². The molecule has 3 heterocycles. The summed E-state index contributed by atoms with van der Waals surface area (Å²) in [5.74, 6) is 0.133. The Morgan fingerprint density at radius 3 is 2.76 bits per heavy atom. The zero-order valence-electron chi connectivity index (χ0n) is 15.0. The Labute approximate surface area is 153 Å². The van der Waals surface area contributed by atoms with E-state index in [1.165, 1.54) is 22.0 Å². The number of likely N-dealkylation sites (N-methyl/N-ethyl adjacent to an activating group) is 1. The standard InChI is InChI=1S/C20H24ClN3O/c1-4-23(5-2)20(25)14-9-16-17-10-15(21)8-13-6-7-24(19(13)17)12-18(16)22(3)11-14/h6-10,14,18H,4-5,11-12H2,1-3H3/t14-,18-/m0/s1. The Morgan fingerprint density at radius 1 is 1.28 bits per heavy atom. The second kappa shape index (κ2) is 6.19. The van der Waals surface area contributed by atoms with Crippen LogP contribution in [0.5, 0.6) is 0 Å². The van der Waals surface area contributed by atoms with Gasteiger partial charge < -0.3 is 9.47 Å². The molecule has 5 heteroatoms. The molecular formula is C20H24ClN3O. The van der Waals surface area contributed by atoms with Crippen LogP contribution in [0.3, 0.4) is 0 Å². The molecule has 2 atom stereocenters. The first-order chi connectivity index (χ1) is 12.0. The molecule has 0 spiro atoms. The van der Waals surface area contributed by atoms with E-state index in [9.17, 15) is 4.79 Å². The smallest absolute Gasteiger partial charge is 0.230 e. The molecule has 0 fully saturated rings. The third-order valence-electron chi connectivity index (χ3n) is 5.65. The fourth-order valence-electron chi connectivity index (χ4n) is 4.35. The molecule has 0 N–H and O–H groups in total. The van der Waals surface area contributed by atoms with Crippen LogP contribution in [0.4, 0.5) is 0 Å². The van der Waals surface area contributed by atoms with E-state index in [0.29, 0.717) is 6.04 Å². The number of halogens is 1. The van der Waals surface area contributed by atoms with Gasteiger partial charge in [0.1, 0.15) is 0 Å². The molecule has 0 aliphatic carbocycles. The van der Waals surface area contributed by atoms with Gasteiger partial charge in [-0.2, -0.15) is 0 Å². The van der Waals surface area contributed by atoms with Gasteiger partial charge in [0.05, 0.1) is 17.5 Å². The maximum Gasteiger partial charge on any atom is 0.230 e. The first kappa shape index (κ1) is 16.7. The van der Waals surface area contributed by atoms with Gasteiger partial charge in [-0.15, -0.1) is 0 Å². The van der Waals surface area contributed by atoms with E-state index in [4.69, 9.17) is 11.6 Å². The molecule has 2 aliphatic heterocycles. The topological polar surface area (TPSA) is 28.5 Å². The molecule has 0 unspecified atom stereocenters. The second-order valence-electron chi connectivity index (χ2n) is 7.05. The van der Waals surface area contributed by atoms with E-state index >= 15 is 0 Å². The molecular weight excluding hydrogens is 334 g/mol. The average Bonchev–Trinajstić information content (AvgIpc) is 3.00. The minimum atomic E-state index is -0.0910. The maximum absolute atomic E-state index is 12.9. The molecule has 2 aliphatic rings. The van der Waals surface area contributed by atoms with Gasteiger partial charge in [0.25, 0.3) is 0 Å². The maximum atomic E-state index is 12.9. The van der Waals surface area contributed by atoms with Crippen LogP contribution in [-0.2, 0) is 11.3 Å². The lowest BCUT2D eigenvalue weighted by Crippen LogP contribution is -2.48. The quantitative estimate of drug-likeness (QED) is 0.841. The van der Waals surface area contributed by atoms with Crippen molar-refractivity contribution in [1.82, 2.24) is 14.4 Å². The van der Waals surface area contributed by atoms with Gasteiger partial charge in [-0.25, -0.2) is 0 Å². The Morgan fingerprint density at radius 2 is 2.04 bits per heavy atom. The summed E-state index contributed by atoms with van der Waals surface area (Å²) >= 11 is 6.37. The van der Waals surface area contributed by atoms with Gasteiger partial charge >= 0.3 is 0 Å². The summed E-state index contributed by atoms with van der Waals surface area (Å²) in [6.45, 7) is 7.28. The van der Waals surface area contributed by atoms with Crippen molar-refractivity contribution in [1.29, 1.82) is 0 Å². The Hall–Kier alpha value is -1.78. The highest BCUT2D eigenvalue weighted by Crippen LogP contribution is 2.40. The molecule has 2 aromatic rings. The fraction of sp³-hybridized carbons (Fsp3) is 0.450. The van der Waals surface area contributed by atoms with Gasteiger partial charge in [0, 0.05) is 48.3 Å². The van der Waals surface area contributed by atoms with E-state index in [1.54, 1.807) is 0 Å². The number of aromatic nitrogens is 1. The number of hydrogen-bond donors (Lipinski definition) is 0. The molecule has 1 aromatic heterocycles. The number of fused-ring (bicyclic) bond motifs is 2. The average molecular weight is 358 g/mol. The predicted octanol–water partition coefficient (Wildman–Crippen LogP) is 3.49. The van der Waals surface area contributed by atoms with Gasteiger partial charge in [0.2, 0.25) is 5.91 Å². The van der Waals surface area contributed by atoms with Crippen molar-refractivity contribution in [3.63, 3.8) is 0 Å². The van der Waals surface area contributed by atoms with Crippen molar-refractivity contribution in [2.75, 3.05) is 26.7 Å². The van der Waals surface area contributed by atoms with Crippen LogP contribution in [-0.4, -0.2) is 53.0 Å². The second-order valence-corrected chi connectivity index (χ2v) is 7.49. The molecule has 0 saturated heterocycles. The molecule has 4 rings (SSSR count). The number of benzene rings is 1. The van der Waals surface area contributed by atoms with Crippen molar-refractivity contribution in [3.8, 4) is 0 Å². The summed E-state index contributed by atoms with van der Waals surface area (Å²) < 4.78 is 2.31. The van der Waals surface area contributed by atoms with Crippen molar-refractivity contribution < 1.29 is 4.79 Å². The van der Waals surface area contributed by atoms with Gasteiger partial charge in [-0.3, -0.25) is 9.69 Å². The molecule has 132 valence electrons. The lowest BCUT2D eigenvalue weighted by atomic mass is 9.85. The zero-order chi connectivity index (χ0) is 17.7. The summed E-state index contributed by atoms with van der Waals surface area (Å²) in [6.07, 6.45) is 4.34. The van der Waals surface area contributed by atoms with Crippen LogP contribution in [0.25, 0.3) is 16.5 Å². The monoisotopic (exact) mass is 357 g/mol. The summed E-state index contributed by atoms with van der Waals surface area (Å²) in [7, 11) is 2.12. The summed E-state index contributed by atoms with van der Waals surface area (Å²) in [4.78, 5) is 17.2. The third kappa shape index (κ3) is 2.59. The minimum Gasteiger partial charge on any atom is -0.345 e. The van der Waals surface area contributed by atoms with Gasteiger partial charge in [0.15, 0.2) is 0 Å². The molecule has 25 heavy (non-hydrogen) atoms. The van der Waals surface area contributed by atoms with E-state index in [0.717, 1.165) is 31.2 Å². The summed E-state index contributed by atoms with van der Waals surface area (Å²) in [5.41, 5.74) is 3.65. The van der Waals surface area contributed by atoms with Crippen molar-refractivity contribution in [2.24, 2.45) is 5.92 Å². The Kier molecular flexibility index (Phi) is 4.13. The van der Waals surface area contributed by atoms with Crippen LogP contribution >= 0.6 is 11.6 Å². The van der Waals surface area contributed by atoms with Crippen LogP contribution in [0.1, 0.15) is 19.4 Å². The Balaban J connectivity index is 1.83. The number of hydrogen-bond acceptors (Lipinski definition) is 2. The van der Waals surface area contributed by atoms with Crippen LogP contribution in [0, 0.1) is 5.92 Å². The van der Waals surface area contributed by atoms with Gasteiger partial charge in [-0.1, -0.05) is 17.7 Å². The molecule has 4 nitrogen and oxygen atoms in total. The normalized spacial score (nSPS) is 22.6. The van der Waals surface area contributed by atoms with E-state index in [1.807, 2.05) is 24.8 Å². The van der Waals surface area contributed by atoms with Crippen molar-refractivity contribution in [2.45, 2.75) is 26.4 Å². The molecule has 0 radical (unpaired) electrons. The van der Waals surface area contributed by atoms with Crippen LogP contribution < -0.4 is 0 Å². The lowest BCUT2D eigenvalue weighted by molar-refractivity contribution is -0.134. The van der Waals surface area contributed by atoms with E-state index in [2.05, 4.69) is 40.9 Å². The first-order valence-corrected chi connectivity index (χ1v) is 9.40. The number of amides is 1. The van der Waals surface area contributed by atoms with Gasteiger partial charge in [-0.05, 0) is 44.7 Å². The molecule has 0 saturated carbocycles. The number of nitrogens with zero attached hydrogens (tertiary/aromatic N) is 3. The number of carbonyl (C=O) groups is 1. The largest absolute Gasteiger partial charge is 0.345 e. The SMILES string of the molecule is CCN(CC)C(=O)[C@H]1C=C2c3cc(Cl)cc4ccn(c34)C[C@@H]2N(C)C1. The number of rotatable bonds is 3. The summed E-state index contributed by atoms with van der Waals surface area (Å²) in [5, 5.41) is 1.92. The van der Waals surface area contributed by atoms with Crippen molar-refractivity contribution >= 4 is 34.0 Å². The zero-order valence-corrected chi connectivity index (χ0v) is 15.8. The van der Waals surface area contributed by atoms with Crippen LogP contribution in [0.2, 0.25) is 5.02 Å². The third-order valence-corrected chi connectivity index (χ3v) is 5.87. The highest BCUT2D eigenvalue weighted by molar-refractivity contribution is 6.31. The summed E-state index contributed by atoms with van der Waals surface area (Å²) in [6, 6.07) is 6.49.